The van der Waals surface area contributed by atoms with E-state index in [1.54, 1.807) is 6.92 Å². The number of nitrogens with two attached hydrogens (primary N) is 1. The molecule has 20 heavy (non-hydrogen) atoms. The fourth-order valence-electron chi connectivity index (χ4n) is 2.20. The minimum absolute atomic E-state index is 0.00545. The van der Waals surface area contributed by atoms with Crippen LogP contribution in [0.4, 0.5) is 8.78 Å². The Balaban J connectivity index is 2.40. The van der Waals surface area contributed by atoms with E-state index in [2.05, 4.69) is 15.9 Å². The second kappa shape index (κ2) is 5.62. The van der Waals surface area contributed by atoms with E-state index in [1.807, 2.05) is 31.2 Å². The summed E-state index contributed by atoms with van der Waals surface area (Å²) in [6.45, 7) is 3.74. The van der Waals surface area contributed by atoms with Crippen molar-refractivity contribution in [1.82, 2.24) is 0 Å². The number of benzene rings is 2. The van der Waals surface area contributed by atoms with Gasteiger partial charge in [-0.25, -0.2) is 8.78 Å². The summed E-state index contributed by atoms with van der Waals surface area (Å²) < 4.78 is 28.1. The SMILES string of the molecule is Cc1cccc(C(C)(N)Cc2c(F)ccc(Br)c2F)c1. The minimum atomic E-state index is -0.839. The van der Waals surface area contributed by atoms with Crippen LogP contribution in [0, 0.1) is 18.6 Å². The lowest BCUT2D eigenvalue weighted by Gasteiger charge is -2.26. The third-order valence-corrected chi connectivity index (χ3v) is 3.97. The van der Waals surface area contributed by atoms with Crippen molar-refractivity contribution in [1.29, 1.82) is 0 Å². The summed E-state index contributed by atoms with van der Waals surface area (Å²) in [4.78, 5) is 0. The Hall–Kier alpha value is -1.26. The topological polar surface area (TPSA) is 26.0 Å². The fourth-order valence-corrected chi connectivity index (χ4v) is 2.57. The molecule has 0 spiro atoms. The fraction of sp³-hybridized carbons (Fsp3) is 0.250. The molecule has 0 saturated heterocycles. The Morgan fingerprint density at radius 3 is 2.55 bits per heavy atom. The lowest BCUT2D eigenvalue weighted by Crippen LogP contribution is -2.36. The van der Waals surface area contributed by atoms with Crippen molar-refractivity contribution in [2.24, 2.45) is 5.73 Å². The summed E-state index contributed by atoms with van der Waals surface area (Å²) >= 11 is 3.07. The van der Waals surface area contributed by atoms with Crippen LogP contribution >= 0.6 is 15.9 Å². The van der Waals surface area contributed by atoms with Gasteiger partial charge in [0.15, 0.2) is 0 Å². The molecule has 1 nitrogen and oxygen atoms in total. The second-order valence-electron chi connectivity index (χ2n) is 5.29. The maximum absolute atomic E-state index is 14.0. The third kappa shape index (κ3) is 3.07. The number of hydrogen-bond acceptors (Lipinski definition) is 1. The summed E-state index contributed by atoms with van der Waals surface area (Å²) in [6, 6.07) is 10.3. The highest BCUT2D eigenvalue weighted by atomic mass is 79.9. The normalized spacial score (nSPS) is 14.1. The van der Waals surface area contributed by atoms with E-state index in [0.717, 1.165) is 11.1 Å². The average molecular weight is 340 g/mol. The Bertz CT molecular complexity index is 638. The molecule has 4 heteroatoms. The van der Waals surface area contributed by atoms with Crippen LogP contribution in [0.5, 0.6) is 0 Å². The molecule has 0 heterocycles. The van der Waals surface area contributed by atoms with E-state index in [-0.39, 0.29) is 16.5 Å². The molecule has 0 aromatic heterocycles. The van der Waals surface area contributed by atoms with Gasteiger partial charge in [-0.15, -0.1) is 0 Å². The van der Waals surface area contributed by atoms with Gasteiger partial charge < -0.3 is 5.73 Å². The summed E-state index contributed by atoms with van der Waals surface area (Å²) in [6.07, 6.45) is 0.0908. The van der Waals surface area contributed by atoms with Crippen LogP contribution in [0.15, 0.2) is 40.9 Å². The van der Waals surface area contributed by atoms with Crippen LogP contribution in [0.3, 0.4) is 0 Å². The predicted octanol–water partition coefficient (Wildman–Crippen LogP) is 4.45. The summed E-state index contributed by atoms with van der Waals surface area (Å²) in [7, 11) is 0. The molecule has 0 radical (unpaired) electrons. The van der Waals surface area contributed by atoms with Crippen LogP contribution in [0.25, 0.3) is 0 Å². The van der Waals surface area contributed by atoms with Crippen molar-refractivity contribution in [2.45, 2.75) is 25.8 Å². The molecule has 0 aliphatic carbocycles. The molecule has 0 amide bonds. The van der Waals surface area contributed by atoms with Gasteiger partial charge in [-0.05, 0) is 47.5 Å². The van der Waals surface area contributed by atoms with Crippen LogP contribution in [0.1, 0.15) is 23.6 Å². The Morgan fingerprint density at radius 2 is 1.90 bits per heavy atom. The summed E-state index contributed by atoms with van der Waals surface area (Å²) in [5.74, 6) is -1.16. The molecule has 2 rings (SSSR count). The van der Waals surface area contributed by atoms with E-state index < -0.39 is 17.2 Å². The van der Waals surface area contributed by atoms with E-state index >= 15 is 0 Å². The van der Waals surface area contributed by atoms with Gasteiger partial charge in [0, 0.05) is 17.5 Å². The van der Waals surface area contributed by atoms with Crippen molar-refractivity contribution < 1.29 is 8.78 Å². The van der Waals surface area contributed by atoms with E-state index in [4.69, 9.17) is 5.73 Å². The van der Waals surface area contributed by atoms with Crippen molar-refractivity contribution in [3.8, 4) is 0 Å². The summed E-state index contributed by atoms with van der Waals surface area (Å²) in [5.41, 5.74) is 7.37. The first kappa shape index (κ1) is 15.1. The van der Waals surface area contributed by atoms with Crippen LogP contribution in [-0.2, 0) is 12.0 Å². The molecule has 106 valence electrons. The zero-order chi connectivity index (χ0) is 14.9. The van der Waals surface area contributed by atoms with Gasteiger partial charge in [0.25, 0.3) is 0 Å². The molecule has 1 unspecified atom stereocenters. The first-order chi connectivity index (χ1) is 9.31. The highest BCUT2D eigenvalue weighted by Crippen LogP contribution is 2.29. The van der Waals surface area contributed by atoms with Crippen molar-refractivity contribution in [3.63, 3.8) is 0 Å². The van der Waals surface area contributed by atoms with Gasteiger partial charge in [0.05, 0.1) is 4.47 Å². The Kier molecular flexibility index (Phi) is 4.25. The monoisotopic (exact) mass is 339 g/mol. The molecule has 2 aromatic carbocycles. The molecule has 1 atom stereocenters. The van der Waals surface area contributed by atoms with Crippen molar-refractivity contribution in [3.05, 3.63) is 69.2 Å². The van der Waals surface area contributed by atoms with Gasteiger partial charge in [-0.2, -0.15) is 0 Å². The number of hydrogen-bond donors (Lipinski definition) is 1. The van der Waals surface area contributed by atoms with Gasteiger partial charge >= 0.3 is 0 Å². The number of aryl methyl sites for hydroxylation is 1. The van der Waals surface area contributed by atoms with Crippen molar-refractivity contribution >= 4 is 15.9 Å². The zero-order valence-corrected chi connectivity index (χ0v) is 13.0. The molecular weight excluding hydrogens is 324 g/mol. The largest absolute Gasteiger partial charge is 0.321 e. The predicted molar refractivity (Wildman–Crippen MR) is 80.5 cm³/mol. The zero-order valence-electron chi connectivity index (χ0n) is 11.4. The number of halogens is 3. The molecule has 0 aliphatic heterocycles. The molecule has 0 aliphatic rings. The quantitative estimate of drug-likeness (QED) is 0.821. The maximum Gasteiger partial charge on any atom is 0.143 e. The van der Waals surface area contributed by atoms with Gasteiger partial charge in [-0.1, -0.05) is 29.8 Å². The lowest BCUT2D eigenvalue weighted by atomic mass is 9.85. The van der Waals surface area contributed by atoms with E-state index in [9.17, 15) is 8.78 Å². The second-order valence-corrected chi connectivity index (χ2v) is 6.14. The third-order valence-electron chi connectivity index (χ3n) is 3.36. The first-order valence-electron chi connectivity index (χ1n) is 6.29. The van der Waals surface area contributed by atoms with Crippen molar-refractivity contribution in [2.75, 3.05) is 0 Å². The Labute approximate surface area is 125 Å². The lowest BCUT2D eigenvalue weighted by molar-refractivity contribution is 0.454. The highest BCUT2D eigenvalue weighted by molar-refractivity contribution is 9.10. The highest BCUT2D eigenvalue weighted by Gasteiger charge is 2.26. The molecule has 0 bridgehead atoms. The standard InChI is InChI=1S/C16H16BrF2N/c1-10-4-3-5-11(8-10)16(2,20)9-12-14(18)7-6-13(17)15(12)19/h3-8H,9,20H2,1-2H3. The van der Waals surface area contributed by atoms with Gasteiger partial charge in [0.1, 0.15) is 11.6 Å². The number of rotatable bonds is 3. The van der Waals surface area contributed by atoms with Crippen LogP contribution in [-0.4, -0.2) is 0 Å². The van der Waals surface area contributed by atoms with Crippen LogP contribution in [0.2, 0.25) is 0 Å². The minimum Gasteiger partial charge on any atom is -0.321 e. The molecule has 0 fully saturated rings. The smallest absolute Gasteiger partial charge is 0.143 e. The first-order valence-corrected chi connectivity index (χ1v) is 7.09. The van der Waals surface area contributed by atoms with E-state index in [0.29, 0.717) is 0 Å². The summed E-state index contributed by atoms with van der Waals surface area (Å²) in [5, 5.41) is 0. The maximum atomic E-state index is 14.0. The molecule has 2 aromatic rings. The van der Waals surface area contributed by atoms with E-state index in [1.165, 1.54) is 12.1 Å². The molecule has 0 saturated carbocycles. The van der Waals surface area contributed by atoms with Gasteiger partial charge in [-0.3, -0.25) is 0 Å². The van der Waals surface area contributed by atoms with Crippen LogP contribution < -0.4 is 5.73 Å². The molecular formula is C16H16BrF2N. The Morgan fingerprint density at radius 1 is 1.20 bits per heavy atom. The average Bonchev–Trinajstić information content (AvgIpc) is 2.39. The molecule has 2 N–H and O–H groups in total. The van der Waals surface area contributed by atoms with Gasteiger partial charge in [0.2, 0.25) is 0 Å².